The molecule has 0 bridgehead atoms. The average Bonchev–Trinajstić information content (AvgIpc) is 2.31. The van der Waals surface area contributed by atoms with Crippen molar-refractivity contribution in [3.63, 3.8) is 0 Å². The van der Waals surface area contributed by atoms with Crippen LogP contribution in [0.15, 0.2) is 24.3 Å². The quantitative estimate of drug-likeness (QED) is 0.828. The molecule has 4 heteroatoms. The SMILES string of the molecule is CN(Cc1ccc(Cl)cc1)C(=O)C(C)(C)C#N. The van der Waals surface area contributed by atoms with Crippen molar-refractivity contribution in [3.8, 4) is 6.07 Å². The van der Waals surface area contributed by atoms with Gasteiger partial charge < -0.3 is 4.90 Å². The Labute approximate surface area is 107 Å². The third kappa shape index (κ3) is 3.47. The van der Waals surface area contributed by atoms with Crippen LogP contribution in [0.3, 0.4) is 0 Å². The first-order valence-electron chi connectivity index (χ1n) is 5.28. The molecule has 0 saturated carbocycles. The van der Waals surface area contributed by atoms with E-state index in [0.717, 1.165) is 5.56 Å². The smallest absolute Gasteiger partial charge is 0.242 e. The fourth-order valence-electron chi connectivity index (χ4n) is 1.46. The molecule has 1 aromatic carbocycles. The van der Waals surface area contributed by atoms with Crippen LogP contribution >= 0.6 is 11.6 Å². The van der Waals surface area contributed by atoms with Gasteiger partial charge in [0.05, 0.1) is 6.07 Å². The van der Waals surface area contributed by atoms with Gasteiger partial charge in [-0.15, -0.1) is 0 Å². The molecule has 3 nitrogen and oxygen atoms in total. The Balaban J connectivity index is 2.74. The lowest BCUT2D eigenvalue weighted by atomic mass is 9.94. The van der Waals surface area contributed by atoms with E-state index in [4.69, 9.17) is 16.9 Å². The molecule has 0 aliphatic carbocycles. The second kappa shape index (κ2) is 5.20. The average molecular weight is 251 g/mol. The summed E-state index contributed by atoms with van der Waals surface area (Å²) in [5.41, 5.74) is 0.000231. The summed E-state index contributed by atoms with van der Waals surface area (Å²) in [5, 5.41) is 9.57. The molecule has 1 rings (SSSR count). The lowest BCUT2D eigenvalue weighted by molar-refractivity contribution is -0.136. The highest BCUT2D eigenvalue weighted by Crippen LogP contribution is 2.18. The maximum absolute atomic E-state index is 11.9. The molecule has 0 saturated heterocycles. The minimum Gasteiger partial charge on any atom is -0.340 e. The lowest BCUT2D eigenvalue weighted by Gasteiger charge is -2.24. The van der Waals surface area contributed by atoms with Crippen LogP contribution in [0.2, 0.25) is 5.02 Å². The van der Waals surface area contributed by atoms with Gasteiger partial charge in [-0.3, -0.25) is 4.79 Å². The summed E-state index contributed by atoms with van der Waals surface area (Å²) in [7, 11) is 1.69. The number of amides is 1. The van der Waals surface area contributed by atoms with Gasteiger partial charge in [-0.25, -0.2) is 0 Å². The van der Waals surface area contributed by atoms with Gasteiger partial charge in [0.2, 0.25) is 5.91 Å². The zero-order valence-corrected chi connectivity index (χ0v) is 11.0. The highest BCUT2D eigenvalue weighted by molar-refractivity contribution is 6.30. The summed E-state index contributed by atoms with van der Waals surface area (Å²) >= 11 is 5.78. The highest BCUT2D eigenvalue weighted by Gasteiger charge is 2.30. The van der Waals surface area contributed by atoms with Crippen LogP contribution in [0.25, 0.3) is 0 Å². The molecule has 1 amide bonds. The van der Waals surface area contributed by atoms with Gasteiger partial charge >= 0.3 is 0 Å². The number of rotatable bonds is 3. The first-order valence-corrected chi connectivity index (χ1v) is 5.66. The maximum atomic E-state index is 11.9. The number of hydrogen-bond acceptors (Lipinski definition) is 2. The van der Waals surface area contributed by atoms with E-state index in [2.05, 4.69) is 0 Å². The van der Waals surface area contributed by atoms with Gasteiger partial charge in [-0.2, -0.15) is 5.26 Å². The van der Waals surface area contributed by atoms with Crippen molar-refractivity contribution < 1.29 is 4.79 Å². The fraction of sp³-hybridized carbons (Fsp3) is 0.385. The van der Waals surface area contributed by atoms with E-state index in [-0.39, 0.29) is 5.91 Å². The summed E-state index contributed by atoms with van der Waals surface area (Å²) in [6.07, 6.45) is 0. The molecule has 0 radical (unpaired) electrons. The second-order valence-electron chi connectivity index (χ2n) is 4.52. The van der Waals surface area contributed by atoms with Crippen LogP contribution in [0, 0.1) is 16.7 Å². The number of carbonyl (C=O) groups excluding carboxylic acids is 1. The number of nitriles is 1. The zero-order chi connectivity index (χ0) is 13.1. The number of nitrogens with zero attached hydrogens (tertiary/aromatic N) is 2. The van der Waals surface area contributed by atoms with Gasteiger partial charge in [-0.05, 0) is 31.5 Å². The monoisotopic (exact) mass is 250 g/mol. The minimum absolute atomic E-state index is 0.185. The molecule has 0 atom stereocenters. The van der Waals surface area contributed by atoms with Gasteiger partial charge in [-0.1, -0.05) is 23.7 Å². The second-order valence-corrected chi connectivity index (χ2v) is 4.96. The standard InChI is InChI=1S/C13H15ClN2O/c1-13(2,9-15)12(17)16(3)8-10-4-6-11(14)7-5-10/h4-7H,8H2,1-3H3. The lowest BCUT2D eigenvalue weighted by Crippen LogP contribution is -2.37. The Morgan fingerprint density at radius 2 is 1.94 bits per heavy atom. The van der Waals surface area contributed by atoms with Crippen LogP contribution in [0.4, 0.5) is 0 Å². The molecular weight excluding hydrogens is 236 g/mol. The van der Waals surface area contributed by atoms with E-state index < -0.39 is 5.41 Å². The maximum Gasteiger partial charge on any atom is 0.242 e. The number of hydrogen-bond donors (Lipinski definition) is 0. The largest absolute Gasteiger partial charge is 0.340 e. The van der Waals surface area contributed by atoms with Crippen molar-refractivity contribution in [1.82, 2.24) is 4.90 Å². The number of carbonyl (C=O) groups is 1. The third-order valence-corrected chi connectivity index (χ3v) is 2.75. The van der Waals surface area contributed by atoms with Crippen molar-refractivity contribution in [1.29, 1.82) is 5.26 Å². The molecule has 0 aliphatic rings. The Hall–Kier alpha value is -1.53. The summed E-state index contributed by atoms with van der Waals surface area (Å²) in [6, 6.07) is 9.30. The molecule has 0 aromatic heterocycles. The number of benzene rings is 1. The summed E-state index contributed by atoms with van der Waals surface area (Å²) in [4.78, 5) is 13.5. The molecule has 0 aliphatic heterocycles. The van der Waals surface area contributed by atoms with Crippen LogP contribution in [0.1, 0.15) is 19.4 Å². The minimum atomic E-state index is -0.985. The molecule has 1 aromatic rings. The molecule has 0 heterocycles. The molecular formula is C13H15ClN2O. The Kier molecular flexibility index (Phi) is 4.14. The summed E-state index contributed by atoms with van der Waals surface area (Å²) in [6.45, 7) is 3.71. The molecule has 90 valence electrons. The van der Waals surface area contributed by atoms with Crippen LogP contribution in [-0.4, -0.2) is 17.9 Å². The predicted molar refractivity (Wildman–Crippen MR) is 67.3 cm³/mol. The fourth-order valence-corrected chi connectivity index (χ4v) is 1.59. The van der Waals surface area contributed by atoms with Crippen molar-refractivity contribution in [3.05, 3.63) is 34.9 Å². The first-order chi connectivity index (χ1) is 7.86. The van der Waals surface area contributed by atoms with Crippen LogP contribution < -0.4 is 0 Å². The Bertz CT molecular complexity index is 445. The Morgan fingerprint density at radius 1 is 1.41 bits per heavy atom. The molecule has 0 unspecified atom stereocenters. The summed E-state index contributed by atoms with van der Waals surface area (Å²) in [5.74, 6) is -0.185. The van der Waals surface area contributed by atoms with Crippen molar-refractivity contribution >= 4 is 17.5 Å². The highest BCUT2D eigenvalue weighted by atomic mass is 35.5. The molecule has 0 N–H and O–H groups in total. The van der Waals surface area contributed by atoms with E-state index in [1.807, 2.05) is 18.2 Å². The predicted octanol–water partition coefficient (Wildman–Crippen LogP) is 2.85. The van der Waals surface area contributed by atoms with Crippen molar-refractivity contribution in [2.45, 2.75) is 20.4 Å². The van der Waals surface area contributed by atoms with Gasteiger partial charge in [0.25, 0.3) is 0 Å². The normalized spacial score (nSPS) is 10.8. The van der Waals surface area contributed by atoms with Crippen molar-refractivity contribution in [2.24, 2.45) is 5.41 Å². The van der Waals surface area contributed by atoms with Gasteiger partial charge in [0.1, 0.15) is 5.41 Å². The van der Waals surface area contributed by atoms with Gasteiger partial charge in [0.15, 0.2) is 0 Å². The van der Waals surface area contributed by atoms with Crippen molar-refractivity contribution in [2.75, 3.05) is 7.05 Å². The van der Waals surface area contributed by atoms with Gasteiger partial charge in [0, 0.05) is 18.6 Å². The topological polar surface area (TPSA) is 44.1 Å². The van der Waals surface area contributed by atoms with E-state index in [1.54, 1.807) is 37.9 Å². The number of halogens is 1. The molecule has 17 heavy (non-hydrogen) atoms. The van der Waals surface area contributed by atoms with E-state index in [9.17, 15) is 4.79 Å². The molecule has 0 spiro atoms. The Morgan fingerprint density at radius 3 is 2.41 bits per heavy atom. The van der Waals surface area contributed by atoms with Crippen LogP contribution in [0.5, 0.6) is 0 Å². The summed E-state index contributed by atoms with van der Waals surface area (Å²) < 4.78 is 0. The zero-order valence-electron chi connectivity index (χ0n) is 10.2. The van der Waals surface area contributed by atoms with E-state index >= 15 is 0 Å². The van der Waals surface area contributed by atoms with E-state index in [1.165, 1.54) is 0 Å². The van der Waals surface area contributed by atoms with E-state index in [0.29, 0.717) is 11.6 Å². The van der Waals surface area contributed by atoms with Crippen LogP contribution in [-0.2, 0) is 11.3 Å². The molecule has 0 fully saturated rings. The first kappa shape index (κ1) is 13.5. The third-order valence-electron chi connectivity index (χ3n) is 2.49.